The maximum atomic E-state index is 13.5. The Labute approximate surface area is 209 Å². The summed E-state index contributed by atoms with van der Waals surface area (Å²) in [5, 5.41) is 6.04. The molecular formula is C25H29N5O4S. The van der Waals surface area contributed by atoms with Crippen molar-refractivity contribution >= 4 is 29.6 Å². The number of amides is 4. The molecule has 0 radical (unpaired) electrons. The zero-order chi connectivity index (χ0) is 24.8. The molecule has 1 aromatic heterocycles. The topological polar surface area (TPSA) is 89.3 Å². The number of carbonyl (C=O) groups excluding carboxylic acids is 3. The van der Waals surface area contributed by atoms with Crippen LogP contribution in [0.2, 0.25) is 0 Å². The molecule has 1 N–H and O–H groups in total. The molecule has 184 valence electrons. The second kappa shape index (κ2) is 11.3. The lowest BCUT2D eigenvalue weighted by atomic mass is 10.0. The Kier molecular flexibility index (Phi) is 8.00. The van der Waals surface area contributed by atoms with Gasteiger partial charge in [-0.05, 0) is 36.1 Å². The van der Waals surface area contributed by atoms with Gasteiger partial charge in [0.1, 0.15) is 18.0 Å². The highest BCUT2D eigenvalue weighted by molar-refractivity contribution is 7.98. The van der Waals surface area contributed by atoms with Gasteiger partial charge in [-0.3, -0.25) is 9.59 Å². The Bertz CT molecular complexity index is 1070. The number of furan rings is 1. The minimum Gasteiger partial charge on any atom is -0.467 e. The standard InChI is InChI=1S/C25H29N5O4S/c1-3-12-28-18-23(31)29-21(11-14-35-2)24(32)27(16-20-10-7-13-34-20)17-22(29)30(28)25(33)26-15-19-8-5-4-6-9-19/h1,4-10,13,21-22H,11-12,14-18H2,2H3,(H,26,33)/t21-,22?/m0/s1. The van der Waals surface area contributed by atoms with Gasteiger partial charge in [0.15, 0.2) is 0 Å². The van der Waals surface area contributed by atoms with Gasteiger partial charge in [0, 0.05) is 6.54 Å². The minimum absolute atomic E-state index is 0.0688. The van der Waals surface area contributed by atoms with Crippen LogP contribution in [0.1, 0.15) is 17.7 Å². The van der Waals surface area contributed by atoms with Gasteiger partial charge in [-0.2, -0.15) is 16.8 Å². The van der Waals surface area contributed by atoms with Gasteiger partial charge < -0.3 is 19.5 Å². The molecule has 2 aliphatic rings. The normalized spacial score (nSPS) is 20.5. The number of rotatable bonds is 8. The summed E-state index contributed by atoms with van der Waals surface area (Å²) in [6.45, 7) is 0.762. The van der Waals surface area contributed by atoms with E-state index in [1.807, 2.05) is 36.6 Å². The van der Waals surface area contributed by atoms with Crippen molar-refractivity contribution in [3.63, 3.8) is 0 Å². The monoisotopic (exact) mass is 495 g/mol. The van der Waals surface area contributed by atoms with Gasteiger partial charge in [0.25, 0.3) is 0 Å². The largest absolute Gasteiger partial charge is 0.467 e. The van der Waals surface area contributed by atoms with E-state index in [1.54, 1.807) is 45.0 Å². The first kappa shape index (κ1) is 24.7. The molecule has 0 aliphatic carbocycles. The van der Waals surface area contributed by atoms with Gasteiger partial charge in [-0.25, -0.2) is 9.80 Å². The maximum absolute atomic E-state index is 13.5. The van der Waals surface area contributed by atoms with Crippen molar-refractivity contribution < 1.29 is 18.8 Å². The predicted octanol–water partition coefficient (Wildman–Crippen LogP) is 1.97. The van der Waals surface area contributed by atoms with Gasteiger partial charge in [-0.1, -0.05) is 36.3 Å². The first-order valence-electron chi connectivity index (χ1n) is 11.4. The highest BCUT2D eigenvalue weighted by Gasteiger charge is 2.51. The van der Waals surface area contributed by atoms with Crippen LogP contribution in [0.5, 0.6) is 0 Å². The van der Waals surface area contributed by atoms with E-state index in [9.17, 15) is 14.4 Å². The number of benzene rings is 1. The Morgan fingerprint density at radius 1 is 1.23 bits per heavy atom. The number of piperazine rings is 1. The highest BCUT2D eigenvalue weighted by atomic mass is 32.2. The molecule has 0 spiro atoms. The number of hydrogen-bond acceptors (Lipinski definition) is 6. The van der Waals surface area contributed by atoms with E-state index in [0.29, 0.717) is 24.5 Å². The van der Waals surface area contributed by atoms with Crippen molar-refractivity contribution in [3.05, 3.63) is 60.1 Å². The van der Waals surface area contributed by atoms with E-state index in [1.165, 1.54) is 5.01 Å². The van der Waals surface area contributed by atoms with E-state index in [0.717, 1.165) is 5.56 Å². The van der Waals surface area contributed by atoms with Gasteiger partial charge >= 0.3 is 6.03 Å². The van der Waals surface area contributed by atoms with Crippen molar-refractivity contribution in [2.75, 3.05) is 31.6 Å². The smallest absolute Gasteiger partial charge is 0.334 e. The second-order valence-electron chi connectivity index (χ2n) is 8.39. The van der Waals surface area contributed by atoms with Crippen molar-refractivity contribution in [1.29, 1.82) is 0 Å². The Morgan fingerprint density at radius 3 is 2.71 bits per heavy atom. The van der Waals surface area contributed by atoms with Crippen molar-refractivity contribution in [1.82, 2.24) is 25.1 Å². The molecule has 1 unspecified atom stereocenters. The summed E-state index contributed by atoms with van der Waals surface area (Å²) in [5.74, 6) is 3.53. The van der Waals surface area contributed by atoms with Crippen LogP contribution >= 0.6 is 11.8 Å². The molecule has 4 rings (SSSR count). The summed E-state index contributed by atoms with van der Waals surface area (Å²) in [6, 6.07) is 12.1. The number of terminal acetylenes is 1. The SMILES string of the molecule is C#CCN1CC(=O)N2C(CN(Cc3ccco3)C(=O)[C@@H]2CCSC)N1C(=O)NCc1ccccc1. The quantitative estimate of drug-likeness (QED) is 0.564. The molecule has 1 aromatic carbocycles. The van der Waals surface area contributed by atoms with Crippen molar-refractivity contribution in [2.24, 2.45) is 0 Å². The van der Waals surface area contributed by atoms with Crippen LogP contribution in [0.25, 0.3) is 0 Å². The molecule has 9 nitrogen and oxygen atoms in total. The van der Waals surface area contributed by atoms with E-state index in [-0.39, 0.29) is 44.0 Å². The zero-order valence-electron chi connectivity index (χ0n) is 19.6. The lowest BCUT2D eigenvalue weighted by Crippen LogP contribution is -2.76. The molecule has 2 aromatic rings. The van der Waals surface area contributed by atoms with Crippen molar-refractivity contribution in [2.45, 2.75) is 31.7 Å². The van der Waals surface area contributed by atoms with E-state index >= 15 is 0 Å². The molecule has 2 aliphatic heterocycles. The molecule has 0 saturated carbocycles. The maximum Gasteiger partial charge on any atom is 0.334 e. The number of hydrazine groups is 1. The summed E-state index contributed by atoms with van der Waals surface area (Å²) in [7, 11) is 0. The molecule has 3 heterocycles. The number of fused-ring (bicyclic) bond motifs is 1. The third-order valence-electron chi connectivity index (χ3n) is 6.12. The number of thioether (sulfide) groups is 1. The van der Waals surface area contributed by atoms with Gasteiger partial charge in [0.2, 0.25) is 11.8 Å². The summed E-state index contributed by atoms with van der Waals surface area (Å²) in [5.41, 5.74) is 0.949. The van der Waals surface area contributed by atoms with Crippen LogP contribution in [0.3, 0.4) is 0 Å². The molecule has 2 atom stereocenters. The fraction of sp³-hybridized carbons (Fsp3) is 0.400. The highest BCUT2D eigenvalue weighted by Crippen LogP contribution is 2.29. The number of nitrogens with zero attached hydrogens (tertiary/aromatic N) is 4. The van der Waals surface area contributed by atoms with Crippen LogP contribution in [-0.2, 0) is 22.7 Å². The Balaban J connectivity index is 1.63. The van der Waals surface area contributed by atoms with Crippen LogP contribution in [0, 0.1) is 12.3 Å². The molecular weight excluding hydrogens is 466 g/mol. The van der Waals surface area contributed by atoms with Crippen LogP contribution in [0.15, 0.2) is 53.1 Å². The number of urea groups is 1. The van der Waals surface area contributed by atoms with E-state index in [4.69, 9.17) is 10.8 Å². The summed E-state index contributed by atoms with van der Waals surface area (Å²) in [4.78, 5) is 43.5. The molecule has 10 heteroatoms. The minimum atomic E-state index is -0.681. The summed E-state index contributed by atoms with van der Waals surface area (Å²) in [6.07, 6.45) is 8.91. The first-order chi connectivity index (χ1) is 17.0. The van der Waals surface area contributed by atoms with Crippen molar-refractivity contribution in [3.8, 4) is 12.3 Å². The predicted molar refractivity (Wildman–Crippen MR) is 132 cm³/mol. The Hall–Kier alpha value is -3.42. The zero-order valence-corrected chi connectivity index (χ0v) is 20.4. The third-order valence-corrected chi connectivity index (χ3v) is 6.76. The van der Waals surface area contributed by atoms with Crippen LogP contribution in [-0.4, -0.2) is 81.5 Å². The number of carbonyl (C=O) groups is 3. The Morgan fingerprint density at radius 2 is 2.03 bits per heavy atom. The third kappa shape index (κ3) is 5.47. The lowest BCUT2D eigenvalue weighted by molar-refractivity contribution is -0.189. The second-order valence-corrected chi connectivity index (χ2v) is 9.38. The summed E-state index contributed by atoms with van der Waals surface area (Å²) < 4.78 is 5.47. The molecule has 2 saturated heterocycles. The first-order valence-corrected chi connectivity index (χ1v) is 12.8. The molecule has 2 fully saturated rings. The fourth-order valence-corrected chi connectivity index (χ4v) is 4.99. The van der Waals surface area contributed by atoms with Crippen LogP contribution in [0.4, 0.5) is 4.79 Å². The molecule has 0 bridgehead atoms. The van der Waals surface area contributed by atoms with Gasteiger partial charge in [0.05, 0.1) is 32.4 Å². The van der Waals surface area contributed by atoms with E-state index < -0.39 is 12.2 Å². The van der Waals surface area contributed by atoms with Crippen LogP contribution < -0.4 is 5.32 Å². The number of nitrogens with one attached hydrogen (secondary N) is 1. The average Bonchev–Trinajstić information content (AvgIpc) is 3.37. The van der Waals surface area contributed by atoms with E-state index in [2.05, 4.69) is 11.2 Å². The fourth-order valence-electron chi connectivity index (χ4n) is 4.53. The lowest BCUT2D eigenvalue weighted by Gasteiger charge is -2.54. The average molecular weight is 496 g/mol. The molecule has 35 heavy (non-hydrogen) atoms. The summed E-state index contributed by atoms with van der Waals surface area (Å²) >= 11 is 1.61. The molecule has 4 amide bonds. The number of hydrogen-bond donors (Lipinski definition) is 1. The van der Waals surface area contributed by atoms with Gasteiger partial charge in [-0.15, -0.1) is 6.42 Å².